The molecule has 10 heteroatoms. The van der Waals surface area contributed by atoms with Gasteiger partial charge in [-0.05, 0) is 35.4 Å². The fourth-order valence-electron chi connectivity index (χ4n) is 5.27. The van der Waals surface area contributed by atoms with Crippen molar-refractivity contribution < 1.29 is 24.1 Å². The Hall–Kier alpha value is -4.41. The molecule has 37 heavy (non-hydrogen) atoms. The second kappa shape index (κ2) is 8.05. The van der Waals surface area contributed by atoms with Crippen LogP contribution in [0.25, 0.3) is 22.3 Å². The lowest BCUT2D eigenvalue weighted by atomic mass is 9.98. The van der Waals surface area contributed by atoms with Crippen LogP contribution in [-0.4, -0.2) is 27.4 Å². The van der Waals surface area contributed by atoms with Crippen LogP contribution >= 0.6 is 0 Å². The monoisotopic (exact) mass is 498 g/mol. The van der Waals surface area contributed by atoms with E-state index in [1.165, 1.54) is 0 Å². The Labute approximate surface area is 210 Å². The highest BCUT2D eigenvalue weighted by atomic mass is 16.7. The Morgan fingerprint density at radius 2 is 1.81 bits per heavy atom. The molecule has 4 aromatic rings. The number of fused-ring (bicyclic) bond motifs is 6. The molecular formula is C27H22N4O6. The number of esters is 1. The molecular weight excluding hydrogens is 476 g/mol. The SMILES string of the molecule is Nc1ccc(CNCc2c3c(nc4cc5c(cc24)OCO5)-c2cc4c(c(=O)n2C3)COC(=O)C4O)cc1. The molecule has 5 heterocycles. The molecule has 1 unspecified atom stereocenters. The van der Waals surface area contributed by atoms with E-state index in [1.807, 2.05) is 36.4 Å². The van der Waals surface area contributed by atoms with Crippen molar-refractivity contribution in [3.05, 3.63) is 80.6 Å². The van der Waals surface area contributed by atoms with E-state index in [2.05, 4.69) is 5.32 Å². The van der Waals surface area contributed by atoms with E-state index in [4.69, 9.17) is 24.9 Å². The molecule has 7 rings (SSSR count). The Kier molecular flexibility index (Phi) is 4.75. The zero-order chi connectivity index (χ0) is 25.3. The number of carbonyl (C=O) groups is 1. The lowest BCUT2D eigenvalue weighted by molar-refractivity contribution is -0.157. The maximum atomic E-state index is 13.4. The molecule has 0 saturated heterocycles. The van der Waals surface area contributed by atoms with E-state index in [0.29, 0.717) is 53.7 Å². The van der Waals surface area contributed by atoms with Gasteiger partial charge in [-0.15, -0.1) is 0 Å². The summed E-state index contributed by atoms with van der Waals surface area (Å²) in [6.45, 7) is 1.44. The smallest absolute Gasteiger partial charge is 0.340 e. The summed E-state index contributed by atoms with van der Waals surface area (Å²) in [6, 6.07) is 13.1. The number of cyclic esters (lactones) is 1. The number of ether oxygens (including phenoxy) is 3. The fraction of sp³-hybridized carbons (Fsp3) is 0.222. The van der Waals surface area contributed by atoms with Crippen LogP contribution in [0.5, 0.6) is 11.5 Å². The Bertz CT molecular complexity index is 1680. The average molecular weight is 498 g/mol. The standard InChI is InChI=1S/C27H22N4O6/c28-14-3-1-13(2-4-14)8-29-9-17-15-6-22-23(37-12-36-22)7-20(15)30-24-18(17)10-31-21(24)5-16-19(26(31)33)11-35-27(34)25(16)32/h1-7,25,29,32H,8-12,28H2. The zero-order valence-electron chi connectivity index (χ0n) is 19.6. The predicted octanol–water partition coefficient (Wildman–Crippen LogP) is 2.12. The molecule has 0 amide bonds. The van der Waals surface area contributed by atoms with Gasteiger partial charge in [0.15, 0.2) is 17.6 Å². The van der Waals surface area contributed by atoms with Crippen LogP contribution in [0.3, 0.4) is 0 Å². The van der Waals surface area contributed by atoms with Gasteiger partial charge in [0.2, 0.25) is 6.79 Å². The molecule has 186 valence electrons. The average Bonchev–Trinajstić information content (AvgIpc) is 3.50. The molecule has 10 nitrogen and oxygen atoms in total. The Balaban J connectivity index is 1.36. The highest BCUT2D eigenvalue weighted by Crippen LogP contribution is 2.42. The number of rotatable bonds is 4. The summed E-state index contributed by atoms with van der Waals surface area (Å²) in [7, 11) is 0. The first-order valence-electron chi connectivity index (χ1n) is 11.9. The van der Waals surface area contributed by atoms with Gasteiger partial charge in [-0.2, -0.15) is 0 Å². The van der Waals surface area contributed by atoms with Gasteiger partial charge < -0.3 is 34.9 Å². The van der Waals surface area contributed by atoms with Crippen LogP contribution in [0.15, 0.2) is 47.3 Å². The summed E-state index contributed by atoms with van der Waals surface area (Å²) in [4.78, 5) is 30.3. The first-order valence-corrected chi connectivity index (χ1v) is 11.9. The van der Waals surface area contributed by atoms with Gasteiger partial charge in [-0.25, -0.2) is 9.78 Å². The van der Waals surface area contributed by atoms with E-state index in [9.17, 15) is 14.7 Å². The summed E-state index contributed by atoms with van der Waals surface area (Å²) < 4.78 is 17.8. The van der Waals surface area contributed by atoms with Crippen molar-refractivity contribution in [2.75, 3.05) is 12.5 Å². The number of anilines is 1. The Morgan fingerprint density at radius 1 is 1.03 bits per heavy atom. The number of hydrogen-bond donors (Lipinski definition) is 3. The fourth-order valence-corrected chi connectivity index (χ4v) is 5.27. The van der Waals surface area contributed by atoms with E-state index in [1.54, 1.807) is 10.6 Å². The number of nitrogens with zero attached hydrogens (tertiary/aromatic N) is 2. The quantitative estimate of drug-likeness (QED) is 0.251. The van der Waals surface area contributed by atoms with Crippen LogP contribution in [-0.2, 0) is 35.8 Å². The molecule has 1 atom stereocenters. The van der Waals surface area contributed by atoms with Crippen LogP contribution in [0.2, 0.25) is 0 Å². The summed E-state index contributed by atoms with van der Waals surface area (Å²) in [5.74, 6) is 0.498. The van der Waals surface area contributed by atoms with Crippen molar-refractivity contribution in [1.82, 2.24) is 14.9 Å². The summed E-state index contributed by atoms with van der Waals surface area (Å²) in [5.41, 5.74) is 11.7. The number of aromatic nitrogens is 2. The van der Waals surface area contributed by atoms with Crippen molar-refractivity contribution in [1.29, 1.82) is 0 Å². The maximum absolute atomic E-state index is 13.4. The van der Waals surface area contributed by atoms with Crippen LogP contribution in [0.1, 0.15) is 33.9 Å². The number of aliphatic hydroxyl groups is 1. The molecule has 3 aliphatic heterocycles. The Morgan fingerprint density at radius 3 is 2.62 bits per heavy atom. The second-order valence-corrected chi connectivity index (χ2v) is 9.35. The van der Waals surface area contributed by atoms with Crippen LogP contribution in [0.4, 0.5) is 5.69 Å². The number of nitrogens with two attached hydrogens (primary N) is 1. The van der Waals surface area contributed by atoms with E-state index in [0.717, 1.165) is 22.1 Å². The normalized spacial score (nSPS) is 16.9. The lowest BCUT2D eigenvalue weighted by Gasteiger charge is -2.21. The highest BCUT2D eigenvalue weighted by molar-refractivity contribution is 5.91. The van der Waals surface area contributed by atoms with Gasteiger partial charge in [0.1, 0.15) is 6.61 Å². The van der Waals surface area contributed by atoms with Crippen LogP contribution < -0.4 is 26.1 Å². The molecule has 0 fully saturated rings. The van der Waals surface area contributed by atoms with Gasteiger partial charge in [0.05, 0.1) is 29.0 Å². The van der Waals surface area contributed by atoms with Gasteiger partial charge in [-0.3, -0.25) is 4.79 Å². The van der Waals surface area contributed by atoms with Crippen molar-refractivity contribution in [3.8, 4) is 22.9 Å². The number of aliphatic hydroxyl groups excluding tert-OH is 1. The predicted molar refractivity (Wildman–Crippen MR) is 133 cm³/mol. The highest BCUT2D eigenvalue weighted by Gasteiger charge is 2.35. The molecule has 4 N–H and O–H groups in total. The summed E-state index contributed by atoms with van der Waals surface area (Å²) in [5, 5.41) is 14.8. The lowest BCUT2D eigenvalue weighted by Crippen LogP contribution is -2.32. The molecule has 0 saturated carbocycles. The van der Waals surface area contributed by atoms with Gasteiger partial charge in [0.25, 0.3) is 5.56 Å². The third-order valence-electron chi connectivity index (χ3n) is 7.18. The molecule has 2 aromatic heterocycles. The van der Waals surface area contributed by atoms with Crippen molar-refractivity contribution in [2.45, 2.75) is 32.3 Å². The first-order chi connectivity index (χ1) is 18.0. The molecule has 0 radical (unpaired) electrons. The van der Waals surface area contributed by atoms with E-state index in [-0.39, 0.29) is 30.1 Å². The van der Waals surface area contributed by atoms with Gasteiger partial charge in [0, 0.05) is 41.4 Å². The number of nitrogen functional groups attached to an aromatic ring is 1. The number of hydrogen-bond acceptors (Lipinski definition) is 9. The third-order valence-corrected chi connectivity index (χ3v) is 7.18. The third kappa shape index (κ3) is 3.37. The first kappa shape index (κ1) is 21.8. The molecule has 0 bridgehead atoms. The second-order valence-electron chi connectivity index (χ2n) is 9.35. The number of nitrogens with one attached hydrogen (secondary N) is 1. The van der Waals surface area contributed by atoms with Crippen molar-refractivity contribution in [3.63, 3.8) is 0 Å². The maximum Gasteiger partial charge on any atom is 0.340 e. The molecule has 2 aromatic carbocycles. The largest absolute Gasteiger partial charge is 0.458 e. The molecule has 0 spiro atoms. The van der Waals surface area contributed by atoms with Gasteiger partial charge >= 0.3 is 5.97 Å². The van der Waals surface area contributed by atoms with E-state index >= 15 is 0 Å². The van der Waals surface area contributed by atoms with Crippen molar-refractivity contribution >= 4 is 22.6 Å². The topological polar surface area (TPSA) is 138 Å². The van der Waals surface area contributed by atoms with Crippen molar-refractivity contribution in [2.24, 2.45) is 0 Å². The minimum absolute atomic E-state index is 0.147. The van der Waals surface area contributed by atoms with Gasteiger partial charge in [-0.1, -0.05) is 12.1 Å². The number of pyridine rings is 2. The molecule has 0 aliphatic carbocycles. The molecule has 3 aliphatic rings. The van der Waals surface area contributed by atoms with Crippen LogP contribution in [0, 0.1) is 0 Å². The zero-order valence-corrected chi connectivity index (χ0v) is 19.6. The minimum Gasteiger partial charge on any atom is -0.458 e. The number of carbonyl (C=O) groups excluding carboxylic acids is 1. The summed E-state index contributed by atoms with van der Waals surface area (Å²) >= 11 is 0. The number of benzene rings is 2. The summed E-state index contributed by atoms with van der Waals surface area (Å²) in [6.07, 6.45) is -1.50. The minimum atomic E-state index is -1.50. The van der Waals surface area contributed by atoms with E-state index < -0.39 is 12.1 Å².